The number of rotatable bonds is 1. The molecule has 1 aliphatic rings. The van der Waals surface area contributed by atoms with Crippen LogP contribution < -0.4 is 5.43 Å². The van der Waals surface area contributed by atoms with Crippen molar-refractivity contribution >= 4 is 0 Å². The average Bonchev–Trinajstić information content (AvgIpc) is 2.04. The summed E-state index contributed by atoms with van der Waals surface area (Å²) in [5, 5.41) is 2.26. The van der Waals surface area contributed by atoms with Crippen molar-refractivity contribution in [1.82, 2.24) is 10.4 Å². The molecule has 0 aromatic rings. The molecule has 11 heavy (non-hydrogen) atoms. The van der Waals surface area contributed by atoms with Crippen LogP contribution in [-0.4, -0.2) is 18.6 Å². The Morgan fingerprint density at radius 1 is 1.36 bits per heavy atom. The minimum absolute atomic E-state index is 1.16. The van der Waals surface area contributed by atoms with Gasteiger partial charge in [-0.25, -0.2) is 5.43 Å². The first-order valence-corrected chi connectivity index (χ1v) is 4.37. The van der Waals surface area contributed by atoms with Gasteiger partial charge in [-0.05, 0) is 33.1 Å². The van der Waals surface area contributed by atoms with Gasteiger partial charge in [0.1, 0.15) is 0 Å². The summed E-state index contributed by atoms with van der Waals surface area (Å²) in [6.45, 7) is 5.53. The van der Waals surface area contributed by atoms with E-state index in [-0.39, 0.29) is 0 Å². The molecule has 0 aliphatic carbocycles. The lowest BCUT2D eigenvalue weighted by Crippen LogP contribution is -2.37. The van der Waals surface area contributed by atoms with Gasteiger partial charge in [0.05, 0.1) is 0 Å². The van der Waals surface area contributed by atoms with Gasteiger partial charge in [0.25, 0.3) is 0 Å². The standard InChI is InChI=1S/C9H18N2/c1-8(2)9-6-4-5-7-11(9)10-3/h10H,4-7H2,1-3H3. The fraction of sp³-hybridized carbons (Fsp3) is 0.778. The van der Waals surface area contributed by atoms with Crippen LogP contribution in [0.3, 0.4) is 0 Å². The maximum atomic E-state index is 3.21. The van der Waals surface area contributed by atoms with Crippen molar-refractivity contribution in [2.45, 2.75) is 33.1 Å². The molecular weight excluding hydrogens is 136 g/mol. The van der Waals surface area contributed by atoms with Crippen LogP contribution in [-0.2, 0) is 0 Å². The van der Waals surface area contributed by atoms with Crippen molar-refractivity contribution in [2.75, 3.05) is 13.6 Å². The summed E-state index contributed by atoms with van der Waals surface area (Å²) in [5.74, 6) is 0. The van der Waals surface area contributed by atoms with Gasteiger partial charge in [0.15, 0.2) is 0 Å². The average molecular weight is 154 g/mol. The van der Waals surface area contributed by atoms with Crippen LogP contribution in [0.2, 0.25) is 0 Å². The van der Waals surface area contributed by atoms with Crippen molar-refractivity contribution < 1.29 is 0 Å². The quantitative estimate of drug-likeness (QED) is 0.620. The molecule has 1 N–H and O–H groups in total. The molecule has 0 amide bonds. The number of nitrogens with one attached hydrogen (secondary N) is 1. The number of allylic oxidation sites excluding steroid dienone is 2. The van der Waals surface area contributed by atoms with Gasteiger partial charge in [-0.2, -0.15) is 0 Å². The Balaban J connectivity index is 2.67. The lowest BCUT2D eigenvalue weighted by molar-refractivity contribution is 0.225. The van der Waals surface area contributed by atoms with Crippen LogP contribution in [0.15, 0.2) is 11.3 Å². The van der Waals surface area contributed by atoms with Crippen LogP contribution in [0.5, 0.6) is 0 Å². The normalized spacial score (nSPS) is 18.8. The molecule has 0 saturated carbocycles. The van der Waals surface area contributed by atoms with E-state index in [0.717, 1.165) is 6.54 Å². The van der Waals surface area contributed by atoms with E-state index in [1.807, 2.05) is 7.05 Å². The van der Waals surface area contributed by atoms with E-state index in [4.69, 9.17) is 0 Å². The second-order valence-electron chi connectivity index (χ2n) is 3.28. The molecule has 0 aromatic carbocycles. The summed E-state index contributed by atoms with van der Waals surface area (Å²) in [6, 6.07) is 0. The Hall–Kier alpha value is -0.500. The molecule has 1 rings (SSSR count). The second kappa shape index (κ2) is 3.77. The third-order valence-electron chi connectivity index (χ3n) is 2.22. The number of hydrogen-bond acceptors (Lipinski definition) is 2. The molecule has 1 aliphatic heterocycles. The molecule has 0 radical (unpaired) electrons. The van der Waals surface area contributed by atoms with Gasteiger partial charge in [-0.3, -0.25) is 0 Å². The van der Waals surface area contributed by atoms with Gasteiger partial charge in [0, 0.05) is 19.3 Å². The fourth-order valence-corrected chi connectivity index (χ4v) is 1.60. The predicted octanol–water partition coefficient (Wildman–Crippen LogP) is 1.90. The molecule has 2 heteroatoms. The summed E-state index contributed by atoms with van der Waals surface area (Å²) in [7, 11) is 1.99. The first kappa shape index (κ1) is 8.60. The Kier molecular flexibility index (Phi) is 2.94. The highest BCUT2D eigenvalue weighted by atomic mass is 15.5. The fourth-order valence-electron chi connectivity index (χ4n) is 1.60. The zero-order valence-electron chi connectivity index (χ0n) is 7.78. The zero-order valence-corrected chi connectivity index (χ0v) is 7.78. The number of piperidine rings is 1. The maximum Gasteiger partial charge on any atom is 0.0340 e. The minimum Gasteiger partial charge on any atom is -0.313 e. The van der Waals surface area contributed by atoms with Crippen molar-refractivity contribution in [3.05, 3.63) is 11.3 Å². The molecule has 0 aromatic heterocycles. The first-order valence-electron chi connectivity index (χ1n) is 4.37. The van der Waals surface area contributed by atoms with E-state index >= 15 is 0 Å². The highest BCUT2D eigenvalue weighted by Gasteiger charge is 2.13. The third-order valence-corrected chi connectivity index (χ3v) is 2.22. The molecule has 2 nitrogen and oxygen atoms in total. The summed E-state index contributed by atoms with van der Waals surface area (Å²) < 4.78 is 0. The van der Waals surface area contributed by atoms with Crippen LogP contribution in [0, 0.1) is 0 Å². The van der Waals surface area contributed by atoms with Crippen molar-refractivity contribution in [3.63, 3.8) is 0 Å². The number of hydrogen-bond donors (Lipinski definition) is 1. The molecule has 0 spiro atoms. The minimum atomic E-state index is 1.16. The zero-order chi connectivity index (χ0) is 8.27. The molecule has 1 fully saturated rings. The van der Waals surface area contributed by atoms with E-state index in [1.165, 1.54) is 30.5 Å². The summed E-state index contributed by atoms with van der Waals surface area (Å²) >= 11 is 0. The lowest BCUT2D eigenvalue weighted by Gasteiger charge is -2.31. The summed E-state index contributed by atoms with van der Waals surface area (Å²) in [6.07, 6.45) is 3.90. The summed E-state index contributed by atoms with van der Waals surface area (Å²) in [5.41, 5.74) is 6.14. The number of hydrazine groups is 1. The van der Waals surface area contributed by atoms with Crippen LogP contribution in [0.1, 0.15) is 33.1 Å². The number of nitrogens with zero attached hydrogens (tertiary/aromatic N) is 1. The SMILES string of the molecule is CNN1CCCCC1=C(C)C. The first-order chi connectivity index (χ1) is 5.25. The Morgan fingerprint density at radius 2 is 2.09 bits per heavy atom. The van der Waals surface area contributed by atoms with Crippen LogP contribution in [0.4, 0.5) is 0 Å². The van der Waals surface area contributed by atoms with E-state index < -0.39 is 0 Å². The highest BCUT2D eigenvalue weighted by Crippen LogP contribution is 2.20. The molecule has 0 bridgehead atoms. The van der Waals surface area contributed by atoms with Crippen LogP contribution >= 0.6 is 0 Å². The largest absolute Gasteiger partial charge is 0.313 e. The van der Waals surface area contributed by atoms with E-state index in [0.29, 0.717) is 0 Å². The highest BCUT2D eigenvalue weighted by molar-refractivity contribution is 5.09. The van der Waals surface area contributed by atoms with Crippen molar-refractivity contribution in [2.24, 2.45) is 0 Å². The molecule has 64 valence electrons. The maximum absolute atomic E-state index is 3.21. The van der Waals surface area contributed by atoms with E-state index in [9.17, 15) is 0 Å². The van der Waals surface area contributed by atoms with E-state index in [2.05, 4.69) is 24.3 Å². The Bertz CT molecular complexity index is 157. The molecular formula is C9H18N2. The van der Waals surface area contributed by atoms with Crippen molar-refractivity contribution in [3.8, 4) is 0 Å². The topological polar surface area (TPSA) is 15.3 Å². The van der Waals surface area contributed by atoms with Gasteiger partial charge in [-0.1, -0.05) is 5.57 Å². The molecule has 0 unspecified atom stereocenters. The molecule has 0 atom stereocenters. The van der Waals surface area contributed by atoms with Gasteiger partial charge >= 0.3 is 0 Å². The third kappa shape index (κ3) is 1.96. The monoisotopic (exact) mass is 154 g/mol. The lowest BCUT2D eigenvalue weighted by atomic mass is 10.1. The predicted molar refractivity (Wildman–Crippen MR) is 48.0 cm³/mol. The van der Waals surface area contributed by atoms with Gasteiger partial charge in [0.2, 0.25) is 0 Å². The van der Waals surface area contributed by atoms with Crippen LogP contribution in [0.25, 0.3) is 0 Å². The molecule has 1 heterocycles. The second-order valence-corrected chi connectivity index (χ2v) is 3.28. The summed E-state index contributed by atoms with van der Waals surface area (Å²) in [4.78, 5) is 0. The van der Waals surface area contributed by atoms with E-state index in [1.54, 1.807) is 0 Å². The Labute approximate surface area is 69.2 Å². The smallest absolute Gasteiger partial charge is 0.0340 e. The van der Waals surface area contributed by atoms with Gasteiger partial charge in [-0.15, -0.1) is 0 Å². The van der Waals surface area contributed by atoms with Crippen molar-refractivity contribution in [1.29, 1.82) is 0 Å². The van der Waals surface area contributed by atoms with Gasteiger partial charge < -0.3 is 5.01 Å². The molecule has 1 saturated heterocycles. The Morgan fingerprint density at radius 3 is 2.55 bits per heavy atom.